The SMILES string of the molecule is O=C(S)Cc1ccc2cccc3c2c1CCC3CCNC(=O)C1CC1. The highest BCUT2D eigenvalue weighted by molar-refractivity contribution is 7.96. The number of hydrogen-bond donors (Lipinski definition) is 2. The molecule has 1 amide bonds. The Hall–Kier alpha value is -1.81. The number of hydrogen-bond acceptors (Lipinski definition) is 2. The van der Waals surface area contributed by atoms with Crippen molar-refractivity contribution in [2.45, 2.75) is 44.4 Å². The Morgan fingerprint density at radius 2 is 1.96 bits per heavy atom. The summed E-state index contributed by atoms with van der Waals surface area (Å²) in [6.45, 7) is 0.751. The summed E-state index contributed by atoms with van der Waals surface area (Å²) in [5.74, 6) is 0.971. The van der Waals surface area contributed by atoms with Crippen molar-refractivity contribution in [2.75, 3.05) is 6.54 Å². The van der Waals surface area contributed by atoms with Gasteiger partial charge in [0.2, 0.25) is 5.91 Å². The van der Waals surface area contributed by atoms with Crippen LogP contribution in [-0.4, -0.2) is 17.6 Å². The first-order valence-corrected chi connectivity index (χ1v) is 9.61. The van der Waals surface area contributed by atoms with E-state index in [-0.39, 0.29) is 16.9 Å². The van der Waals surface area contributed by atoms with E-state index in [1.54, 1.807) is 0 Å². The first kappa shape index (κ1) is 16.6. The quantitative estimate of drug-likeness (QED) is 0.776. The van der Waals surface area contributed by atoms with Crippen molar-refractivity contribution >= 4 is 34.4 Å². The third kappa shape index (κ3) is 3.45. The lowest BCUT2D eigenvalue weighted by atomic mass is 9.78. The topological polar surface area (TPSA) is 46.2 Å². The van der Waals surface area contributed by atoms with Gasteiger partial charge in [-0.05, 0) is 65.5 Å². The lowest BCUT2D eigenvalue weighted by molar-refractivity contribution is -0.122. The van der Waals surface area contributed by atoms with Gasteiger partial charge in [0, 0.05) is 18.9 Å². The molecule has 1 N–H and O–H groups in total. The molecule has 0 saturated heterocycles. The predicted octanol–water partition coefficient (Wildman–Crippen LogP) is 3.78. The Bertz CT molecular complexity index is 841. The maximum Gasteiger partial charge on any atom is 0.223 e. The maximum absolute atomic E-state index is 11.8. The van der Waals surface area contributed by atoms with Gasteiger partial charge < -0.3 is 5.32 Å². The summed E-state index contributed by atoms with van der Waals surface area (Å²) in [5.41, 5.74) is 3.79. The largest absolute Gasteiger partial charge is 0.356 e. The normalized spacial score (nSPS) is 19.0. The van der Waals surface area contributed by atoms with E-state index in [1.807, 2.05) is 0 Å². The molecular weight excluding hydrogens is 330 g/mol. The molecule has 130 valence electrons. The third-order valence-corrected chi connectivity index (χ3v) is 5.70. The van der Waals surface area contributed by atoms with Crippen molar-refractivity contribution in [1.29, 1.82) is 0 Å². The molecule has 0 spiro atoms. The number of benzene rings is 2. The summed E-state index contributed by atoms with van der Waals surface area (Å²) in [6, 6.07) is 10.7. The molecule has 25 heavy (non-hydrogen) atoms. The lowest BCUT2D eigenvalue weighted by Crippen LogP contribution is -2.27. The molecule has 0 aliphatic heterocycles. The molecule has 1 unspecified atom stereocenters. The zero-order chi connectivity index (χ0) is 17.4. The summed E-state index contributed by atoms with van der Waals surface area (Å²) < 4.78 is 0. The molecule has 0 bridgehead atoms. The molecule has 4 rings (SSSR count). The molecule has 0 heterocycles. The van der Waals surface area contributed by atoms with E-state index in [0.717, 1.165) is 44.2 Å². The summed E-state index contributed by atoms with van der Waals surface area (Å²) in [5, 5.41) is 5.57. The first-order valence-electron chi connectivity index (χ1n) is 9.16. The Morgan fingerprint density at radius 3 is 2.72 bits per heavy atom. The standard InChI is InChI=1S/C21H23NO2S/c23-19(25)12-16-7-4-14-2-1-3-17-13(8-9-18(16)20(14)17)10-11-22-21(24)15-5-6-15/h1-4,7,13,15H,5-6,8-12H2,(H,22,24)(H,23,25). The molecule has 2 aromatic carbocycles. The zero-order valence-corrected chi connectivity index (χ0v) is 15.1. The van der Waals surface area contributed by atoms with Crippen LogP contribution in [0.1, 0.15) is 48.3 Å². The van der Waals surface area contributed by atoms with Crippen LogP contribution in [0.2, 0.25) is 0 Å². The third-order valence-electron chi connectivity index (χ3n) is 5.55. The van der Waals surface area contributed by atoms with Crippen molar-refractivity contribution < 1.29 is 9.59 Å². The number of nitrogens with one attached hydrogen (secondary N) is 1. The molecular formula is C21H23NO2S. The number of amides is 1. The van der Waals surface area contributed by atoms with Gasteiger partial charge in [0.15, 0.2) is 5.12 Å². The van der Waals surface area contributed by atoms with Crippen LogP contribution in [0.3, 0.4) is 0 Å². The highest BCUT2D eigenvalue weighted by atomic mass is 32.1. The molecule has 3 nitrogen and oxygen atoms in total. The van der Waals surface area contributed by atoms with Crippen molar-refractivity contribution in [3.05, 3.63) is 47.0 Å². The second-order valence-electron chi connectivity index (χ2n) is 7.31. The second kappa shape index (κ2) is 6.83. The highest BCUT2D eigenvalue weighted by Crippen LogP contribution is 2.40. The molecule has 2 aromatic rings. The van der Waals surface area contributed by atoms with Gasteiger partial charge in [0.05, 0.1) is 0 Å². The molecule has 1 fully saturated rings. The zero-order valence-electron chi connectivity index (χ0n) is 14.3. The maximum atomic E-state index is 11.8. The Kier molecular flexibility index (Phi) is 4.55. The summed E-state index contributed by atoms with van der Waals surface area (Å²) in [7, 11) is 0. The van der Waals surface area contributed by atoms with Gasteiger partial charge in [0.1, 0.15) is 0 Å². The van der Waals surface area contributed by atoms with Crippen LogP contribution in [0.25, 0.3) is 10.8 Å². The molecule has 0 aromatic heterocycles. The number of carbonyl (C=O) groups is 2. The van der Waals surface area contributed by atoms with Gasteiger partial charge in [0.25, 0.3) is 0 Å². The minimum absolute atomic E-state index is 0.0852. The molecule has 1 saturated carbocycles. The predicted molar refractivity (Wildman–Crippen MR) is 103 cm³/mol. The number of aryl methyl sites for hydroxylation is 1. The van der Waals surface area contributed by atoms with E-state index in [0.29, 0.717) is 12.3 Å². The average Bonchev–Trinajstić information content (AvgIpc) is 3.43. The minimum atomic E-state index is -0.0852. The van der Waals surface area contributed by atoms with Crippen LogP contribution >= 0.6 is 12.6 Å². The van der Waals surface area contributed by atoms with Gasteiger partial charge >= 0.3 is 0 Å². The highest BCUT2D eigenvalue weighted by Gasteiger charge is 2.29. The monoisotopic (exact) mass is 353 g/mol. The number of thiol groups is 1. The fraction of sp³-hybridized carbons (Fsp3) is 0.429. The van der Waals surface area contributed by atoms with E-state index in [1.165, 1.54) is 21.9 Å². The Morgan fingerprint density at radius 1 is 1.12 bits per heavy atom. The van der Waals surface area contributed by atoms with Crippen LogP contribution in [-0.2, 0) is 22.4 Å². The van der Waals surface area contributed by atoms with E-state index in [9.17, 15) is 9.59 Å². The van der Waals surface area contributed by atoms with Gasteiger partial charge in [-0.1, -0.05) is 30.3 Å². The van der Waals surface area contributed by atoms with Crippen LogP contribution < -0.4 is 5.32 Å². The number of rotatable bonds is 6. The van der Waals surface area contributed by atoms with Crippen LogP contribution in [0.15, 0.2) is 30.3 Å². The molecule has 2 aliphatic carbocycles. The van der Waals surface area contributed by atoms with E-state index < -0.39 is 0 Å². The van der Waals surface area contributed by atoms with Gasteiger partial charge in [-0.2, -0.15) is 0 Å². The van der Waals surface area contributed by atoms with Crippen molar-refractivity contribution in [3.63, 3.8) is 0 Å². The molecule has 4 heteroatoms. The smallest absolute Gasteiger partial charge is 0.223 e. The van der Waals surface area contributed by atoms with Crippen molar-refractivity contribution in [1.82, 2.24) is 5.32 Å². The first-order chi connectivity index (χ1) is 12.1. The second-order valence-corrected chi connectivity index (χ2v) is 7.81. The molecule has 2 aliphatic rings. The van der Waals surface area contributed by atoms with Crippen LogP contribution in [0.5, 0.6) is 0 Å². The fourth-order valence-electron chi connectivity index (χ4n) is 4.12. The van der Waals surface area contributed by atoms with E-state index in [2.05, 4.69) is 48.3 Å². The van der Waals surface area contributed by atoms with Gasteiger partial charge in [-0.15, -0.1) is 12.6 Å². The van der Waals surface area contributed by atoms with Gasteiger partial charge in [-0.25, -0.2) is 0 Å². The lowest BCUT2D eigenvalue weighted by Gasteiger charge is -2.27. The van der Waals surface area contributed by atoms with Crippen LogP contribution in [0.4, 0.5) is 0 Å². The summed E-state index contributed by atoms with van der Waals surface area (Å²) in [6.07, 6.45) is 5.54. The molecule has 1 atom stereocenters. The van der Waals surface area contributed by atoms with Crippen molar-refractivity contribution in [2.24, 2.45) is 5.92 Å². The van der Waals surface area contributed by atoms with Gasteiger partial charge in [-0.3, -0.25) is 9.59 Å². The van der Waals surface area contributed by atoms with Crippen molar-refractivity contribution in [3.8, 4) is 0 Å². The van der Waals surface area contributed by atoms with Crippen LogP contribution in [0, 0.1) is 5.92 Å². The summed E-state index contributed by atoms with van der Waals surface area (Å²) >= 11 is 3.96. The Balaban J connectivity index is 1.58. The summed E-state index contributed by atoms with van der Waals surface area (Å²) in [4.78, 5) is 23.3. The van der Waals surface area contributed by atoms with E-state index >= 15 is 0 Å². The number of carbonyl (C=O) groups excluding carboxylic acids is 2. The Labute approximate surface area is 153 Å². The minimum Gasteiger partial charge on any atom is -0.356 e. The fourth-order valence-corrected chi connectivity index (χ4v) is 4.29. The molecule has 0 radical (unpaired) electrons. The van der Waals surface area contributed by atoms with E-state index in [4.69, 9.17) is 0 Å². The average molecular weight is 353 g/mol.